The Morgan fingerprint density at radius 1 is 1.47 bits per heavy atom. The van der Waals surface area contributed by atoms with Crippen LogP contribution >= 0.6 is 0 Å². The first-order chi connectivity index (χ1) is 9.15. The fourth-order valence-corrected chi connectivity index (χ4v) is 2.11. The van der Waals surface area contributed by atoms with Gasteiger partial charge in [-0.05, 0) is 25.1 Å². The number of carbonyl (C=O) groups is 1. The van der Waals surface area contributed by atoms with Crippen LogP contribution in [0.1, 0.15) is 22.8 Å². The van der Waals surface area contributed by atoms with E-state index >= 15 is 0 Å². The number of hydrogen-bond donors (Lipinski definition) is 0. The zero-order chi connectivity index (χ0) is 13.8. The molecule has 1 heterocycles. The maximum Gasteiger partial charge on any atom is 0.161 e. The molecule has 0 radical (unpaired) electrons. The number of hydrogen-bond acceptors (Lipinski definition) is 5. The minimum Gasteiger partial charge on any atom is -0.365 e. The molecular formula is C14H13N3O2. The molecule has 0 aliphatic carbocycles. The van der Waals surface area contributed by atoms with Crippen LogP contribution in [0, 0.1) is 22.7 Å². The first kappa shape index (κ1) is 13.1. The third kappa shape index (κ3) is 2.73. The molecule has 2 rings (SSSR count). The fraction of sp³-hybridized carbons (Fsp3) is 0.357. The van der Waals surface area contributed by atoms with Crippen LogP contribution in [0.4, 0.5) is 5.69 Å². The summed E-state index contributed by atoms with van der Waals surface area (Å²) in [6.45, 7) is 2.94. The molecule has 96 valence electrons. The van der Waals surface area contributed by atoms with E-state index in [1.165, 1.54) is 6.92 Å². The lowest BCUT2D eigenvalue weighted by Gasteiger charge is -2.32. The molecule has 1 fully saturated rings. The summed E-state index contributed by atoms with van der Waals surface area (Å²) < 4.78 is 5.28. The van der Waals surface area contributed by atoms with Gasteiger partial charge in [0, 0.05) is 17.8 Å². The lowest BCUT2D eigenvalue weighted by molar-refractivity contribution is 0.0762. The number of nitrogens with zero attached hydrogens (tertiary/aromatic N) is 3. The Hall–Kier alpha value is -2.37. The van der Waals surface area contributed by atoms with E-state index in [1.54, 1.807) is 18.2 Å². The van der Waals surface area contributed by atoms with Gasteiger partial charge in [0.1, 0.15) is 0 Å². The van der Waals surface area contributed by atoms with Gasteiger partial charge in [0.2, 0.25) is 0 Å². The van der Waals surface area contributed by atoms with Gasteiger partial charge < -0.3 is 9.64 Å². The van der Waals surface area contributed by atoms with E-state index in [0.29, 0.717) is 36.5 Å². The van der Waals surface area contributed by atoms with Crippen LogP contribution in [0.15, 0.2) is 18.2 Å². The topological polar surface area (TPSA) is 77.1 Å². The third-order valence-corrected chi connectivity index (χ3v) is 3.06. The first-order valence-electron chi connectivity index (χ1n) is 5.97. The van der Waals surface area contributed by atoms with E-state index in [4.69, 9.17) is 15.3 Å². The van der Waals surface area contributed by atoms with Gasteiger partial charge in [0.25, 0.3) is 0 Å². The van der Waals surface area contributed by atoms with Crippen LogP contribution in [0.3, 0.4) is 0 Å². The second-order valence-corrected chi connectivity index (χ2v) is 4.33. The molecule has 19 heavy (non-hydrogen) atoms. The molecule has 0 saturated carbocycles. The number of benzene rings is 1. The lowest BCUT2D eigenvalue weighted by atomic mass is 10.0. The average molecular weight is 255 g/mol. The fourth-order valence-electron chi connectivity index (χ4n) is 2.11. The molecule has 5 heteroatoms. The Bertz CT molecular complexity index is 583. The van der Waals surface area contributed by atoms with Crippen molar-refractivity contribution >= 4 is 11.5 Å². The molecule has 0 aromatic heterocycles. The summed E-state index contributed by atoms with van der Waals surface area (Å²) >= 11 is 0. The summed E-state index contributed by atoms with van der Waals surface area (Å²) in [5.74, 6) is -0.0560. The van der Waals surface area contributed by atoms with Crippen molar-refractivity contribution in [2.24, 2.45) is 0 Å². The molecule has 5 nitrogen and oxygen atoms in total. The number of ketones is 1. The molecule has 0 amide bonds. The van der Waals surface area contributed by atoms with E-state index in [9.17, 15) is 4.79 Å². The monoisotopic (exact) mass is 255 g/mol. The van der Waals surface area contributed by atoms with Crippen LogP contribution in [-0.4, -0.2) is 31.6 Å². The molecule has 1 aromatic carbocycles. The Morgan fingerprint density at radius 2 is 2.26 bits per heavy atom. The molecular weight excluding hydrogens is 242 g/mol. The Balaban J connectivity index is 2.39. The van der Waals surface area contributed by atoms with E-state index in [1.807, 2.05) is 4.90 Å². The van der Waals surface area contributed by atoms with Crippen molar-refractivity contribution in [3.05, 3.63) is 29.3 Å². The zero-order valence-electron chi connectivity index (χ0n) is 10.6. The molecule has 1 unspecified atom stereocenters. The van der Waals surface area contributed by atoms with Crippen molar-refractivity contribution in [1.82, 2.24) is 0 Å². The predicted octanol–water partition coefficient (Wildman–Crippen LogP) is 1.49. The SMILES string of the molecule is CC(=O)c1ccc(C#N)cc1N1CCOC(C#N)C1. The van der Waals surface area contributed by atoms with Gasteiger partial charge in [-0.2, -0.15) is 10.5 Å². The number of Topliss-reactive ketones (excluding diaryl/α,β-unsaturated/α-hetero) is 1. The highest BCUT2D eigenvalue weighted by molar-refractivity contribution is 6.00. The largest absolute Gasteiger partial charge is 0.365 e. The summed E-state index contributed by atoms with van der Waals surface area (Å²) in [6, 6.07) is 9.11. The number of carbonyl (C=O) groups excluding carboxylic acids is 1. The third-order valence-electron chi connectivity index (χ3n) is 3.06. The molecule has 1 saturated heterocycles. The van der Waals surface area contributed by atoms with Crippen molar-refractivity contribution in [2.75, 3.05) is 24.6 Å². The average Bonchev–Trinajstić information content (AvgIpc) is 2.46. The molecule has 1 aromatic rings. The Labute approximate surface area is 111 Å². The highest BCUT2D eigenvalue weighted by Crippen LogP contribution is 2.24. The van der Waals surface area contributed by atoms with Gasteiger partial charge in [-0.3, -0.25) is 4.79 Å². The van der Waals surface area contributed by atoms with E-state index in [-0.39, 0.29) is 5.78 Å². The molecule has 0 N–H and O–H groups in total. The van der Waals surface area contributed by atoms with Gasteiger partial charge in [-0.15, -0.1) is 0 Å². The number of rotatable bonds is 2. The maximum atomic E-state index is 11.7. The van der Waals surface area contributed by atoms with E-state index in [2.05, 4.69) is 12.1 Å². The smallest absolute Gasteiger partial charge is 0.161 e. The number of morpholine rings is 1. The highest BCUT2D eigenvalue weighted by atomic mass is 16.5. The number of anilines is 1. The quantitative estimate of drug-likeness (QED) is 0.748. The minimum absolute atomic E-state index is 0.0560. The summed E-state index contributed by atoms with van der Waals surface area (Å²) in [5, 5.41) is 17.9. The zero-order valence-corrected chi connectivity index (χ0v) is 10.6. The second kappa shape index (κ2) is 5.51. The standard InChI is InChI=1S/C14H13N3O2/c1-10(18)13-3-2-11(7-15)6-14(13)17-4-5-19-12(8-16)9-17/h2-3,6,12H,4-5,9H2,1H3. The van der Waals surface area contributed by atoms with Crippen molar-refractivity contribution in [3.8, 4) is 12.1 Å². The molecule has 0 spiro atoms. The molecule has 1 atom stereocenters. The van der Waals surface area contributed by atoms with Crippen LogP contribution in [0.5, 0.6) is 0 Å². The van der Waals surface area contributed by atoms with Crippen molar-refractivity contribution in [3.63, 3.8) is 0 Å². The van der Waals surface area contributed by atoms with Gasteiger partial charge in [0.05, 0.1) is 30.9 Å². The van der Waals surface area contributed by atoms with Crippen molar-refractivity contribution in [1.29, 1.82) is 10.5 Å². The number of nitriles is 2. The van der Waals surface area contributed by atoms with Gasteiger partial charge in [-0.25, -0.2) is 0 Å². The summed E-state index contributed by atoms with van der Waals surface area (Å²) in [5.41, 5.74) is 1.77. The van der Waals surface area contributed by atoms with Crippen LogP contribution in [-0.2, 0) is 4.74 Å². The molecule has 1 aliphatic heterocycles. The predicted molar refractivity (Wildman–Crippen MR) is 68.7 cm³/mol. The van der Waals surface area contributed by atoms with E-state index < -0.39 is 6.10 Å². The van der Waals surface area contributed by atoms with Crippen LogP contribution in [0.2, 0.25) is 0 Å². The lowest BCUT2D eigenvalue weighted by Crippen LogP contribution is -2.42. The van der Waals surface area contributed by atoms with Crippen molar-refractivity contribution < 1.29 is 9.53 Å². The molecule has 1 aliphatic rings. The maximum absolute atomic E-state index is 11.7. The Morgan fingerprint density at radius 3 is 2.89 bits per heavy atom. The number of ether oxygens (including phenoxy) is 1. The van der Waals surface area contributed by atoms with Gasteiger partial charge >= 0.3 is 0 Å². The van der Waals surface area contributed by atoms with Gasteiger partial charge in [-0.1, -0.05) is 0 Å². The summed E-state index contributed by atoms with van der Waals surface area (Å²) in [4.78, 5) is 13.6. The molecule has 0 bridgehead atoms. The van der Waals surface area contributed by atoms with E-state index in [0.717, 1.165) is 0 Å². The normalized spacial score (nSPS) is 18.5. The minimum atomic E-state index is -0.501. The second-order valence-electron chi connectivity index (χ2n) is 4.33. The summed E-state index contributed by atoms with van der Waals surface area (Å²) in [7, 11) is 0. The van der Waals surface area contributed by atoms with Gasteiger partial charge in [0.15, 0.2) is 11.9 Å². The summed E-state index contributed by atoms with van der Waals surface area (Å²) in [6.07, 6.45) is -0.501. The highest BCUT2D eigenvalue weighted by Gasteiger charge is 2.23. The van der Waals surface area contributed by atoms with Crippen LogP contribution in [0.25, 0.3) is 0 Å². The Kier molecular flexibility index (Phi) is 3.79. The van der Waals surface area contributed by atoms with Crippen molar-refractivity contribution in [2.45, 2.75) is 13.0 Å². The first-order valence-corrected chi connectivity index (χ1v) is 5.97. The van der Waals surface area contributed by atoms with Crippen LogP contribution < -0.4 is 4.90 Å².